The summed E-state index contributed by atoms with van der Waals surface area (Å²) in [4.78, 5) is 0. The highest BCUT2D eigenvalue weighted by Crippen LogP contribution is 2.49. The van der Waals surface area contributed by atoms with E-state index in [0.717, 1.165) is 30.8 Å². The fourth-order valence-electron chi connectivity index (χ4n) is 3.47. The smallest absolute Gasteiger partial charge is 0.0957 e. The van der Waals surface area contributed by atoms with Crippen molar-refractivity contribution in [2.75, 3.05) is 6.61 Å². The second-order valence-electron chi connectivity index (χ2n) is 5.72. The highest BCUT2D eigenvalue weighted by Gasteiger charge is 2.38. The standard InChI is InChI=1S/C16H28O/c1-4-11-17-15-10-9-12(5-2)14(6-3)16(15)13-7-8-13/h12-14H,4-11H2,1-3H3. The highest BCUT2D eigenvalue weighted by atomic mass is 16.5. The van der Waals surface area contributed by atoms with Gasteiger partial charge in [-0.05, 0) is 55.4 Å². The van der Waals surface area contributed by atoms with Crippen LogP contribution in [0.15, 0.2) is 11.3 Å². The van der Waals surface area contributed by atoms with E-state index in [-0.39, 0.29) is 0 Å². The third-order valence-corrected chi connectivity index (χ3v) is 4.49. The Hall–Kier alpha value is -0.460. The molecule has 0 heterocycles. The lowest BCUT2D eigenvalue weighted by molar-refractivity contribution is 0.162. The maximum atomic E-state index is 6.05. The first-order valence-electron chi connectivity index (χ1n) is 7.67. The van der Waals surface area contributed by atoms with Crippen LogP contribution in [0.3, 0.4) is 0 Å². The van der Waals surface area contributed by atoms with Crippen molar-refractivity contribution in [2.45, 2.75) is 65.7 Å². The lowest BCUT2D eigenvalue weighted by atomic mass is 9.73. The molecule has 0 aliphatic heterocycles. The summed E-state index contributed by atoms with van der Waals surface area (Å²) in [5.41, 5.74) is 1.74. The van der Waals surface area contributed by atoms with Crippen LogP contribution < -0.4 is 0 Å². The zero-order valence-corrected chi connectivity index (χ0v) is 11.8. The zero-order valence-electron chi connectivity index (χ0n) is 11.8. The lowest BCUT2D eigenvalue weighted by Crippen LogP contribution is -2.24. The Morgan fingerprint density at radius 1 is 1.06 bits per heavy atom. The van der Waals surface area contributed by atoms with Crippen LogP contribution in [0.1, 0.15) is 65.7 Å². The van der Waals surface area contributed by atoms with E-state index in [1.807, 2.05) is 0 Å². The Balaban J connectivity index is 2.17. The molecule has 2 unspecified atom stereocenters. The third kappa shape index (κ3) is 2.86. The van der Waals surface area contributed by atoms with Gasteiger partial charge in [-0.2, -0.15) is 0 Å². The SMILES string of the molecule is CCCOC1=C(C2CC2)C(CC)C(CC)CC1. The first kappa shape index (κ1) is 13.0. The molecule has 98 valence electrons. The molecule has 1 fully saturated rings. The predicted octanol–water partition coefficient (Wildman–Crippen LogP) is 4.92. The summed E-state index contributed by atoms with van der Waals surface area (Å²) in [6.45, 7) is 7.83. The fraction of sp³-hybridized carbons (Fsp3) is 0.875. The Labute approximate surface area is 107 Å². The summed E-state index contributed by atoms with van der Waals surface area (Å²) < 4.78 is 6.05. The maximum Gasteiger partial charge on any atom is 0.0957 e. The normalized spacial score (nSPS) is 29.6. The van der Waals surface area contributed by atoms with E-state index in [1.165, 1.54) is 44.3 Å². The second kappa shape index (κ2) is 5.93. The molecule has 2 rings (SSSR count). The van der Waals surface area contributed by atoms with E-state index in [2.05, 4.69) is 20.8 Å². The summed E-state index contributed by atoms with van der Waals surface area (Å²) in [6, 6.07) is 0. The minimum atomic E-state index is 0.827. The number of hydrogen-bond donors (Lipinski definition) is 0. The van der Waals surface area contributed by atoms with Gasteiger partial charge in [0.1, 0.15) is 0 Å². The Morgan fingerprint density at radius 2 is 1.82 bits per heavy atom. The lowest BCUT2D eigenvalue weighted by Gasteiger charge is -2.35. The van der Waals surface area contributed by atoms with Gasteiger partial charge in [0, 0.05) is 6.42 Å². The van der Waals surface area contributed by atoms with Gasteiger partial charge in [-0.25, -0.2) is 0 Å². The largest absolute Gasteiger partial charge is 0.498 e. The van der Waals surface area contributed by atoms with Crippen molar-refractivity contribution < 1.29 is 4.74 Å². The van der Waals surface area contributed by atoms with Crippen molar-refractivity contribution in [3.05, 3.63) is 11.3 Å². The second-order valence-corrected chi connectivity index (χ2v) is 5.72. The Morgan fingerprint density at radius 3 is 2.35 bits per heavy atom. The van der Waals surface area contributed by atoms with E-state index < -0.39 is 0 Å². The first-order chi connectivity index (χ1) is 8.31. The van der Waals surface area contributed by atoms with Crippen molar-refractivity contribution in [3.8, 4) is 0 Å². The topological polar surface area (TPSA) is 9.23 Å². The molecule has 2 atom stereocenters. The van der Waals surface area contributed by atoms with Crippen molar-refractivity contribution in [3.63, 3.8) is 0 Å². The minimum Gasteiger partial charge on any atom is -0.498 e. The first-order valence-corrected chi connectivity index (χ1v) is 7.67. The van der Waals surface area contributed by atoms with Gasteiger partial charge in [0.05, 0.1) is 12.4 Å². The molecular weight excluding hydrogens is 208 g/mol. The molecule has 1 heteroatoms. The quantitative estimate of drug-likeness (QED) is 0.636. The van der Waals surface area contributed by atoms with Crippen LogP contribution in [0.5, 0.6) is 0 Å². The molecule has 0 saturated heterocycles. The molecule has 1 nitrogen and oxygen atoms in total. The van der Waals surface area contributed by atoms with E-state index in [0.29, 0.717) is 0 Å². The molecule has 0 bridgehead atoms. The number of hydrogen-bond acceptors (Lipinski definition) is 1. The fourth-order valence-corrected chi connectivity index (χ4v) is 3.47. The molecule has 0 aromatic carbocycles. The molecule has 0 radical (unpaired) electrons. The van der Waals surface area contributed by atoms with Gasteiger partial charge < -0.3 is 4.74 Å². The predicted molar refractivity (Wildman–Crippen MR) is 72.8 cm³/mol. The summed E-state index contributed by atoms with van der Waals surface area (Å²) >= 11 is 0. The van der Waals surface area contributed by atoms with Crippen LogP contribution >= 0.6 is 0 Å². The molecule has 0 aromatic rings. The van der Waals surface area contributed by atoms with Crippen LogP contribution in [0.2, 0.25) is 0 Å². The molecule has 0 spiro atoms. The third-order valence-electron chi connectivity index (χ3n) is 4.49. The molecule has 2 aliphatic carbocycles. The summed E-state index contributed by atoms with van der Waals surface area (Å²) in [7, 11) is 0. The van der Waals surface area contributed by atoms with Gasteiger partial charge in [0.25, 0.3) is 0 Å². The molecule has 0 amide bonds. The molecule has 1 saturated carbocycles. The average molecular weight is 236 g/mol. The van der Waals surface area contributed by atoms with Gasteiger partial charge >= 0.3 is 0 Å². The minimum absolute atomic E-state index is 0.827. The molecule has 2 aliphatic rings. The van der Waals surface area contributed by atoms with Crippen molar-refractivity contribution >= 4 is 0 Å². The van der Waals surface area contributed by atoms with E-state index >= 15 is 0 Å². The monoisotopic (exact) mass is 236 g/mol. The number of allylic oxidation sites excluding steroid dienone is 2. The van der Waals surface area contributed by atoms with Crippen LogP contribution in [0.4, 0.5) is 0 Å². The van der Waals surface area contributed by atoms with Gasteiger partial charge in [-0.1, -0.05) is 27.2 Å². The van der Waals surface area contributed by atoms with Gasteiger partial charge in [-0.15, -0.1) is 0 Å². The average Bonchev–Trinajstić information content (AvgIpc) is 3.19. The van der Waals surface area contributed by atoms with E-state index in [1.54, 1.807) is 5.57 Å². The van der Waals surface area contributed by atoms with E-state index in [4.69, 9.17) is 4.74 Å². The van der Waals surface area contributed by atoms with Gasteiger partial charge in [0.2, 0.25) is 0 Å². The van der Waals surface area contributed by atoms with Crippen molar-refractivity contribution in [1.29, 1.82) is 0 Å². The van der Waals surface area contributed by atoms with Gasteiger partial charge in [0.15, 0.2) is 0 Å². The highest BCUT2D eigenvalue weighted by molar-refractivity contribution is 5.23. The summed E-state index contributed by atoms with van der Waals surface area (Å²) in [5, 5.41) is 0. The summed E-state index contributed by atoms with van der Waals surface area (Å²) in [6.07, 6.45) is 9.18. The van der Waals surface area contributed by atoms with E-state index in [9.17, 15) is 0 Å². The number of ether oxygens (including phenoxy) is 1. The van der Waals surface area contributed by atoms with Crippen molar-refractivity contribution in [2.24, 2.45) is 17.8 Å². The van der Waals surface area contributed by atoms with Crippen LogP contribution in [-0.2, 0) is 4.74 Å². The van der Waals surface area contributed by atoms with Gasteiger partial charge in [-0.3, -0.25) is 0 Å². The van der Waals surface area contributed by atoms with Crippen molar-refractivity contribution in [1.82, 2.24) is 0 Å². The molecule has 0 aromatic heterocycles. The molecule has 17 heavy (non-hydrogen) atoms. The van der Waals surface area contributed by atoms with Crippen LogP contribution in [0.25, 0.3) is 0 Å². The van der Waals surface area contributed by atoms with Crippen LogP contribution in [-0.4, -0.2) is 6.61 Å². The maximum absolute atomic E-state index is 6.05. The molecular formula is C16H28O. The van der Waals surface area contributed by atoms with Crippen LogP contribution in [0, 0.1) is 17.8 Å². The molecule has 0 N–H and O–H groups in total. The Kier molecular flexibility index (Phi) is 4.53. The Bertz CT molecular complexity index is 275. The number of rotatable bonds is 6. The summed E-state index contributed by atoms with van der Waals surface area (Å²) in [5.74, 6) is 4.03. The zero-order chi connectivity index (χ0) is 12.3.